The van der Waals surface area contributed by atoms with Crippen LogP contribution >= 0.6 is 27.7 Å². The number of hydrogen-bond acceptors (Lipinski definition) is 7. The number of anilines is 1. The molecule has 1 heterocycles. The quantitative estimate of drug-likeness (QED) is 0.470. The van der Waals surface area contributed by atoms with E-state index in [-0.39, 0.29) is 16.4 Å². The second-order valence-electron chi connectivity index (χ2n) is 7.33. The summed E-state index contributed by atoms with van der Waals surface area (Å²) < 4.78 is 10.9. The molecule has 178 valence electrons. The van der Waals surface area contributed by atoms with E-state index in [0.29, 0.717) is 15.7 Å². The van der Waals surface area contributed by atoms with Crippen LogP contribution < -0.4 is 14.8 Å². The van der Waals surface area contributed by atoms with Crippen molar-refractivity contribution in [3.05, 3.63) is 56.4 Å². The fraction of sp³-hybridized carbons (Fsp3) is 0.217. The second-order valence-corrected chi connectivity index (χ2v) is 9.18. The van der Waals surface area contributed by atoms with Crippen LogP contribution in [0, 0.1) is 13.8 Å². The summed E-state index contributed by atoms with van der Waals surface area (Å²) in [5.74, 6) is -1.79. The van der Waals surface area contributed by atoms with Gasteiger partial charge in [0.1, 0.15) is 6.54 Å². The predicted octanol–water partition coefficient (Wildman–Crippen LogP) is 4.21. The molecule has 0 aliphatic carbocycles. The fourth-order valence-corrected chi connectivity index (χ4v) is 4.46. The highest BCUT2D eigenvalue weighted by Crippen LogP contribution is 2.39. The Bertz CT molecular complexity index is 1210. The van der Waals surface area contributed by atoms with Gasteiger partial charge in [-0.1, -0.05) is 6.07 Å². The lowest BCUT2D eigenvalue weighted by Crippen LogP contribution is -2.36. The van der Waals surface area contributed by atoms with Crippen molar-refractivity contribution in [2.45, 2.75) is 13.8 Å². The standard InChI is InChI=1S/C23H21BrN2O7S/c1-12-4-5-15(6-13(12)2)25-19(27)10-26-22(30)18(34-23(26)31)9-14-7-16(24)21(17(8-14)32-3)33-11-20(28)29/h4-9H,10-11H2,1-3H3,(H,25,27)(H,28,29)/b18-9+. The van der Waals surface area contributed by atoms with Gasteiger partial charge in [-0.15, -0.1) is 0 Å². The first-order valence-corrected chi connectivity index (χ1v) is 11.5. The van der Waals surface area contributed by atoms with Crippen LogP contribution in [-0.2, 0) is 14.4 Å². The number of imide groups is 1. The van der Waals surface area contributed by atoms with Gasteiger partial charge in [0.25, 0.3) is 11.1 Å². The highest BCUT2D eigenvalue weighted by molar-refractivity contribution is 9.10. The molecule has 2 aromatic rings. The van der Waals surface area contributed by atoms with Crippen LogP contribution in [0.15, 0.2) is 39.7 Å². The largest absolute Gasteiger partial charge is 0.493 e. The molecule has 0 atom stereocenters. The topological polar surface area (TPSA) is 122 Å². The Kier molecular flexibility index (Phi) is 8.00. The normalized spacial score (nSPS) is 14.5. The molecule has 0 unspecified atom stereocenters. The number of aryl methyl sites for hydroxylation is 2. The molecule has 2 N–H and O–H groups in total. The minimum Gasteiger partial charge on any atom is -0.493 e. The molecule has 0 saturated carbocycles. The summed E-state index contributed by atoms with van der Waals surface area (Å²) >= 11 is 4.02. The number of halogens is 1. The molecule has 3 rings (SSSR count). The molecule has 0 spiro atoms. The zero-order chi connectivity index (χ0) is 25.0. The average Bonchev–Trinajstić information content (AvgIpc) is 3.02. The molecule has 34 heavy (non-hydrogen) atoms. The second kappa shape index (κ2) is 10.7. The number of carboxylic acids is 1. The molecule has 1 fully saturated rings. The number of carboxylic acid groups (broad SMARTS) is 1. The van der Waals surface area contributed by atoms with Gasteiger partial charge in [0.15, 0.2) is 18.1 Å². The van der Waals surface area contributed by atoms with Gasteiger partial charge in [0.2, 0.25) is 5.91 Å². The van der Waals surface area contributed by atoms with Crippen molar-refractivity contribution in [3.8, 4) is 11.5 Å². The van der Waals surface area contributed by atoms with Gasteiger partial charge in [-0.3, -0.25) is 19.3 Å². The van der Waals surface area contributed by atoms with E-state index in [1.165, 1.54) is 13.2 Å². The smallest absolute Gasteiger partial charge is 0.341 e. The SMILES string of the molecule is COc1cc(/C=C2/SC(=O)N(CC(=O)Nc3ccc(C)c(C)c3)C2=O)cc(Br)c1OCC(=O)O. The maximum atomic E-state index is 12.8. The van der Waals surface area contributed by atoms with Gasteiger partial charge in [0, 0.05) is 5.69 Å². The van der Waals surface area contributed by atoms with Crippen molar-refractivity contribution in [1.82, 2.24) is 4.90 Å². The molecule has 0 aromatic heterocycles. The van der Waals surface area contributed by atoms with Crippen LogP contribution in [0.25, 0.3) is 6.08 Å². The monoisotopic (exact) mass is 548 g/mol. The van der Waals surface area contributed by atoms with E-state index in [9.17, 15) is 19.2 Å². The molecule has 2 aromatic carbocycles. The third-order valence-electron chi connectivity index (χ3n) is 4.86. The van der Waals surface area contributed by atoms with Crippen molar-refractivity contribution < 1.29 is 33.8 Å². The lowest BCUT2D eigenvalue weighted by molar-refractivity contribution is -0.139. The zero-order valence-corrected chi connectivity index (χ0v) is 20.9. The van der Waals surface area contributed by atoms with Crippen molar-refractivity contribution in [1.29, 1.82) is 0 Å². The van der Waals surface area contributed by atoms with Gasteiger partial charge >= 0.3 is 5.97 Å². The fourth-order valence-electron chi connectivity index (χ4n) is 3.05. The predicted molar refractivity (Wildman–Crippen MR) is 131 cm³/mol. The number of carbonyl (C=O) groups excluding carboxylic acids is 3. The summed E-state index contributed by atoms with van der Waals surface area (Å²) in [6.45, 7) is 2.91. The van der Waals surface area contributed by atoms with Crippen molar-refractivity contribution in [2.24, 2.45) is 0 Å². The zero-order valence-electron chi connectivity index (χ0n) is 18.5. The summed E-state index contributed by atoms with van der Waals surface area (Å²) in [6.07, 6.45) is 1.49. The molecule has 1 saturated heterocycles. The highest BCUT2D eigenvalue weighted by atomic mass is 79.9. The third-order valence-corrected chi connectivity index (χ3v) is 6.35. The number of nitrogens with zero attached hydrogens (tertiary/aromatic N) is 1. The number of carbonyl (C=O) groups is 4. The Morgan fingerprint density at radius 3 is 2.56 bits per heavy atom. The van der Waals surface area contributed by atoms with Crippen molar-refractivity contribution in [2.75, 3.05) is 25.6 Å². The molecular weight excluding hydrogens is 528 g/mol. The molecule has 1 aliphatic rings. The van der Waals surface area contributed by atoms with Crippen molar-refractivity contribution >= 4 is 62.5 Å². The van der Waals surface area contributed by atoms with Crippen molar-refractivity contribution in [3.63, 3.8) is 0 Å². The van der Waals surface area contributed by atoms with Crippen LogP contribution in [0.1, 0.15) is 16.7 Å². The Morgan fingerprint density at radius 1 is 1.18 bits per heavy atom. The van der Waals surface area contributed by atoms with Gasteiger partial charge in [-0.25, -0.2) is 4.79 Å². The van der Waals surface area contributed by atoms with E-state index in [2.05, 4.69) is 21.2 Å². The van der Waals surface area contributed by atoms with Crippen LogP contribution in [0.2, 0.25) is 0 Å². The van der Waals surface area contributed by atoms with Gasteiger partial charge in [0.05, 0.1) is 16.5 Å². The van der Waals surface area contributed by atoms with Gasteiger partial charge < -0.3 is 19.9 Å². The molecule has 0 radical (unpaired) electrons. The first-order chi connectivity index (χ1) is 16.1. The number of rotatable bonds is 8. The third kappa shape index (κ3) is 5.97. The molecule has 11 heteroatoms. The summed E-state index contributed by atoms with van der Waals surface area (Å²) in [5.41, 5.74) is 3.18. The minimum absolute atomic E-state index is 0.136. The summed E-state index contributed by atoms with van der Waals surface area (Å²) in [7, 11) is 1.39. The van der Waals surface area contributed by atoms with Crippen LogP contribution in [0.3, 0.4) is 0 Å². The van der Waals surface area contributed by atoms with Crippen LogP contribution in [0.4, 0.5) is 10.5 Å². The molecular formula is C23H21BrN2O7S. The number of aliphatic carboxylic acids is 1. The maximum Gasteiger partial charge on any atom is 0.341 e. The maximum absolute atomic E-state index is 12.8. The van der Waals surface area contributed by atoms with E-state index in [4.69, 9.17) is 14.6 Å². The molecule has 3 amide bonds. The average molecular weight is 549 g/mol. The van der Waals surface area contributed by atoms with Gasteiger partial charge in [-0.2, -0.15) is 0 Å². The lowest BCUT2D eigenvalue weighted by Gasteiger charge is -2.13. The van der Waals surface area contributed by atoms with Crippen LogP contribution in [0.5, 0.6) is 11.5 Å². The van der Waals surface area contributed by atoms with E-state index in [0.717, 1.165) is 27.8 Å². The number of nitrogens with one attached hydrogen (secondary N) is 1. The summed E-state index contributed by atoms with van der Waals surface area (Å²) in [5, 5.41) is 11.0. The Labute approximate surface area is 208 Å². The first kappa shape index (κ1) is 25.3. The number of ether oxygens (including phenoxy) is 2. The van der Waals surface area contributed by atoms with E-state index in [1.807, 2.05) is 26.0 Å². The van der Waals surface area contributed by atoms with E-state index < -0.39 is 36.2 Å². The van der Waals surface area contributed by atoms with Gasteiger partial charge in [-0.05, 0) is 88.6 Å². The molecule has 9 nitrogen and oxygen atoms in total. The highest BCUT2D eigenvalue weighted by Gasteiger charge is 2.36. The Balaban J connectivity index is 1.75. The first-order valence-electron chi connectivity index (χ1n) is 9.93. The minimum atomic E-state index is -1.15. The Hall–Kier alpha value is -3.31. The molecule has 0 bridgehead atoms. The van der Waals surface area contributed by atoms with Crippen LogP contribution in [-0.4, -0.2) is 53.3 Å². The number of methoxy groups -OCH3 is 1. The number of benzene rings is 2. The summed E-state index contributed by atoms with van der Waals surface area (Å²) in [4.78, 5) is 49.4. The number of amides is 3. The lowest BCUT2D eigenvalue weighted by atomic mass is 10.1. The summed E-state index contributed by atoms with van der Waals surface area (Å²) in [6, 6.07) is 8.58. The molecule has 1 aliphatic heterocycles. The Morgan fingerprint density at radius 2 is 1.91 bits per heavy atom. The van der Waals surface area contributed by atoms with E-state index in [1.54, 1.807) is 18.2 Å². The number of hydrogen-bond donors (Lipinski definition) is 2. The van der Waals surface area contributed by atoms with E-state index >= 15 is 0 Å². The number of thioether (sulfide) groups is 1.